The summed E-state index contributed by atoms with van der Waals surface area (Å²) < 4.78 is 0. The molecule has 22 heavy (non-hydrogen) atoms. The Morgan fingerprint density at radius 3 is 1.64 bits per heavy atom. The highest BCUT2D eigenvalue weighted by Crippen LogP contribution is 2.97. The van der Waals surface area contributed by atoms with E-state index in [1.807, 2.05) is 5.31 Å². The second-order valence-electron chi connectivity index (χ2n) is 9.28. The minimum atomic E-state index is -1.10. The van der Waals surface area contributed by atoms with Crippen LogP contribution in [-0.4, -0.2) is 15.5 Å². The Hall–Kier alpha value is 0.254. The molecular weight excluding hydrogens is 334 g/mol. The van der Waals surface area contributed by atoms with Crippen LogP contribution in [0.1, 0.15) is 26.3 Å². The maximum atomic E-state index is 2.63. The van der Waals surface area contributed by atoms with Crippen molar-refractivity contribution in [2.75, 3.05) is 0 Å². The van der Waals surface area contributed by atoms with Gasteiger partial charge in [0.1, 0.15) is 0 Å². The van der Waals surface area contributed by atoms with Crippen LogP contribution in [-0.2, 0) is 0 Å². The third-order valence-electron chi connectivity index (χ3n) is 3.83. The van der Waals surface area contributed by atoms with E-state index in [4.69, 9.17) is 0 Å². The Kier molecular flexibility index (Phi) is 5.03. The highest BCUT2D eigenvalue weighted by atomic mass is 32.3. The van der Waals surface area contributed by atoms with E-state index in [0.717, 1.165) is 0 Å². The quantitative estimate of drug-likeness (QED) is 0.374. The van der Waals surface area contributed by atoms with Crippen molar-refractivity contribution in [3.05, 3.63) is 41.2 Å². The van der Waals surface area contributed by atoms with Gasteiger partial charge in [-0.1, -0.05) is 97.1 Å². The summed E-state index contributed by atoms with van der Waals surface area (Å²) in [7, 11) is -2.17. The summed E-state index contributed by atoms with van der Waals surface area (Å²) in [6, 6.07) is 11.2. The first-order valence-electron chi connectivity index (χ1n) is 8.26. The molecule has 1 unspecified atom stereocenters. The lowest BCUT2D eigenvalue weighted by atomic mass is 9.95. The van der Waals surface area contributed by atoms with Gasteiger partial charge in [-0.2, -0.15) is 0 Å². The van der Waals surface area contributed by atoms with E-state index < -0.39 is 15.5 Å². The molecule has 1 aliphatic rings. The standard InChI is InChI=1S/C18H32P2Si2/c1-18(2,3)17-16(15-13-11-10-12-14-15)19(17)20(21(4,5)6)22(7,8)9/h10-14H,1-9H3. The number of hydrogen-bond acceptors (Lipinski definition) is 0. The van der Waals surface area contributed by atoms with Crippen molar-refractivity contribution < 1.29 is 0 Å². The van der Waals surface area contributed by atoms with Crippen LogP contribution >= 0.6 is 14.3 Å². The summed E-state index contributed by atoms with van der Waals surface area (Å²) >= 11 is 0. The lowest BCUT2D eigenvalue weighted by Gasteiger charge is -2.41. The first kappa shape index (κ1) is 18.6. The Labute approximate surface area is 141 Å². The molecule has 1 aromatic carbocycles. The molecule has 0 bridgehead atoms. The molecule has 0 radical (unpaired) electrons. The maximum Gasteiger partial charge on any atom is 0.0735 e. The summed E-state index contributed by atoms with van der Waals surface area (Å²) in [5.74, 6) is 0. The Morgan fingerprint density at radius 1 is 0.818 bits per heavy atom. The fourth-order valence-electron chi connectivity index (χ4n) is 3.49. The van der Waals surface area contributed by atoms with Crippen molar-refractivity contribution in [3.63, 3.8) is 0 Å². The molecule has 0 aromatic heterocycles. The zero-order valence-electron chi connectivity index (χ0n) is 15.8. The van der Waals surface area contributed by atoms with Gasteiger partial charge >= 0.3 is 0 Å². The van der Waals surface area contributed by atoms with Gasteiger partial charge in [0.25, 0.3) is 0 Å². The van der Waals surface area contributed by atoms with E-state index >= 15 is 0 Å². The van der Waals surface area contributed by atoms with E-state index in [1.54, 1.807) is 5.31 Å². The molecule has 1 aromatic rings. The summed E-state index contributed by atoms with van der Waals surface area (Å²) in [6.45, 7) is 23.2. The molecule has 1 atom stereocenters. The van der Waals surface area contributed by atoms with Crippen LogP contribution in [0.25, 0.3) is 5.31 Å². The van der Waals surface area contributed by atoms with Crippen LogP contribution in [0.4, 0.5) is 0 Å². The van der Waals surface area contributed by atoms with Crippen LogP contribution in [0.5, 0.6) is 0 Å². The fourth-order valence-corrected chi connectivity index (χ4v) is 54.3. The van der Waals surface area contributed by atoms with E-state index in [9.17, 15) is 0 Å². The second-order valence-corrected chi connectivity index (χ2v) is 36.8. The Morgan fingerprint density at radius 2 is 1.27 bits per heavy atom. The van der Waals surface area contributed by atoms with Gasteiger partial charge in [0.15, 0.2) is 0 Å². The molecule has 1 aliphatic heterocycles. The minimum Gasteiger partial charge on any atom is -0.0964 e. The van der Waals surface area contributed by atoms with Crippen molar-refractivity contribution in [2.24, 2.45) is 5.41 Å². The molecular formula is C18H32P2Si2. The minimum absolute atomic E-state index is 0.0404. The van der Waals surface area contributed by atoms with Gasteiger partial charge in [-0.25, -0.2) is 0 Å². The predicted molar refractivity (Wildman–Crippen MR) is 113 cm³/mol. The molecule has 0 fully saturated rings. The van der Waals surface area contributed by atoms with Crippen LogP contribution in [0.2, 0.25) is 39.3 Å². The Bertz CT molecular complexity index is 558. The average molecular weight is 367 g/mol. The lowest BCUT2D eigenvalue weighted by Crippen LogP contribution is -2.30. The third kappa shape index (κ3) is 3.83. The topological polar surface area (TPSA) is 0 Å². The van der Waals surface area contributed by atoms with Crippen molar-refractivity contribution in [2.45, 2.75) is 60.1 Å². The van der Waals surface area contributed by atoms with Crippen LogP contribution in [0.15, 0.2) is 35.6 Å². The maximum absolute atomic E-state index is 2.63. The fraction of sp³-hybridized carbons (Fsp3) is 0.556. The third-order valence-corrected chi connectivity index (χ3v) is 45.3. The van der Waals surface area contributed by atoms with Gasteiger partial charge < -0.3 is 0 Å². The molecule has 2 rings (SSSR count). The van der Waals surface area contributed by atoms with E-state index in [1.165, 1.54) is 5.56 Å². The largest absolute Gasteiger partial charge is 0.0964 e. The van der Waals surface area contributed by atoms with Gasteiger partial charge in [0.05, 0.1) is 15.5 Å². The second kappa shape index (κ2) is 5.96. The molecule has 0 aliphatic carbocycles. The predicted octanol–water partition coefficient (Wildman–Crippen LogP) is 7.96. The molecule has 0 spiro atoms. The van der Waals surface area contributed by atoms with Crippen molar-refractivity contribution >= 4 is 35.1 Å². The summed E-state index contributed by atoms with van der Waals surface area (Å²) in [4.78, 5) is 0. The van der Waals surface area contributed by atoms with Gasteiger partial charge in [0, 0.05) is 0 Å². The number of hydrogen-bond donors (Lipinski definition) is 0. The first-order chi connectivity index (χ1) is 9.85. The van der Waals surface area contributed by atoms with Crippen LogP contribution in [0.3, 0.4) is 0 Å². The molecule has 0 nitrogen and oxygen atoms in total. The molecule has 4 heteroatoms. The van der Waals surface area contributed by atoms with Crippen molar-refractivity contribution in [3.8, 4) is 0 Å². The number of rotatable bonds is 4. The highest BCUT2D eigenvalue weighted by Gasteiger charge is 2.54. The van der Waals surface area contributed by atoms with Gasteiger partial charge in [-0.3, -0.25) is 0 Å². The number of benzene rings is 1. The number of allylic oxidation sites excluding steroid dienone is 1. The Balaban J connectivity index is 2.48. The average Bonchev–Trinajstić information content (AvgIpc) is 3.00. The summed E-state index contributed by atoms with van der Waals surface area (Å²) in [5.41, 5.74) is 1.86. The lowest BCUT2D eigenvalue weighted by molar-refractivity contribution is 0.540. The van der Waals surface area contributed by atoms with Crippen LogP contribution < -0.4 is 0 Å². The zero-order valence-corrected chi connectivity index (χ0v) is 19.6. The highest BCUT2D eigenvalue weighted by molar-refractivity contribution is 8.62. The van der Waals surface area contributed by atoms with Gasteiger partial charge in [-0.15, -0.1) is 0 Å². The normalized spacial score (nSPS) is 19.8. The van der Waals surface area contributed by atoms with Gasteiger partial charge in [-0.05, 0) is 29.2 Å². The van der Waals surface area contributed by atoms with E-state index in [0.29, 0.717) is 5.41 Å². The summed E-state index contributed by atoms with van der Waals surface area (Å²) in [6.07, 6.45) is 0. The monoisotopic (exact) mass is 366 g/mol. The van der Waals surface area contributed by atoms with Gasteiger partial charge in [0.2, 0.25) is 0 Å². The zero-order chi connectivity index (χ0) is 16.9. The molecule has 122 valence electrons. The van der Waals surface area contributed by atoms with Crippen molar-refractivity contribution in [1.29, 1.82) is 0 Å². The molecule has 1 heterocycles. The van der Waals surface area contributed by atoms with E-state index in [2.05, 4.69) is 90.4 Å². The SMILES string of the molecule is CC(C)(C)C1=C(c2ccccc2)P1P([Si](C)(C)C)[Si](C)(C)C. The van der Waals surface area contributed by atoms with E-state index in [-0.39, 0.29) is 14.3 Å². The first-order valence-corrected chi connectivity index (χ1v) is 20.3. The molecule has 0 saturated heterocycles. The smallest absolute Gasteiger partial charge is 0.0735 e. The van der Waals surface area contributed by atoms with Crippen LogP contribution in [0, 0.1) is 5.41 Å². The molecule has 0 N–H and O–H groups in total. The molecule has 0 saturated carbocycles. The summed E-state index contributed by atoms with van der Waals surface area (Å²) in [5, 5.41) is 3.61. The van der Waals surface area contributed by atoms with Crippen molar-refractivity contribution in [1.82, 2.24) is 0 Å². The molecule has 0 amide bonds.